The van der Waals surface area contributed by atoms with E-state index in [0.29, 0.717) is 26.2 Å². The van der Waals surface area contributed by atoms with E-state index in [0.717, 1.165) is 11.3 Å². The van der Waals surface area contributed by atoms with Gasteiger partial charge in [0.25, 0.3) is 11.8 Å². The van der Waals surface area contributed by atoms with Crippen molar-refractivity contribution in [2.24, 2.45) is 5.16 Å². The predicted molar refractivity (Wildman–Crippen MR) is 136 cm³/mol. The summed E-state index contributed by atoms with van der Waals surface area (Å²) in [5.74, 6) is -3.18. The van der Waals surface area contributed by atoms with Gasteiger partial charge in [-0.3, -0.25) is 14.5 Å². The third kappa shape index (κ3) is 6.35. The Hall–Kier alpha value is -2.15. The van der Waals surface area contributed by atoms with Crippen LogP contribution in [0.1, 0.15) is 16.3 Å². The van der Waals surface area contributed by atoms with Crippen LogP contribution >= 0.6 is 46.2 Å². The van der Waals surface area contributed by atoms with Crippen molar-refractivity contribution in [2.75, 3.05) is 24.3 Å². The summed E-state index contributed by atoms with van der Waals surface area (Å²) in [5, 5.41) is 28.2. The molecule has 2 aliphatic heterocycles. The topological polar surface area (TPSA) is 200 Å². The number of aryl methyl sites for hydroxylation is 1. The zero-order chi connectivity index (χ0) is 26.9. The second-order valence-electron chi connectivity index (χ2n) is 7.64. The minimum Gasteiger partial charge on any atom is -0.550 e. The number of amides is 2. The number of carboxylic acid groups (broad SMARTS) is 2. The van der Waals surface area contributed by atoms with Gasteiger partial charge in [-0.1, -0.05) is 16.9 Å². The summed E-state index contributed by atoms with van der Waals surface area (Å²) in [5.41, 5.74) is 6.62. The molecule has 1 fully saturated rings. The second kappa shape index (κ2) is 12.8. The van der Waals surface area contributed by atoms with E-state index < -0.39 is 35.2 Å². The molecule has 196 valence electrons. The van der Waals surface area contributed by atoms with Crippen molar-refractivity contribution in [2.45, 2.75) is 29.1 Å². The number of thioether (sulfide) groups is 2. The molecule has 18 heteroatoms. The van der Waals surface area contributed by atoms with E-state index in [-0.39, 0.29) is 64.0 Å². The van der Waals surface area contributed by atoms with Crippen LogP contribution in [-0.4, -0.2) is 79.5 Å². The molecule has 0 saturated carbocycles. The first-order chi connectivity index (χ1) is 17.6. The van der Waals surface area contributed by atoms with Gasteiger partial charge in [-0.05, 0) is 12.5 Å². The number of fused-ring (bicyclic) bond motifs is 1. The van der Waals surface area contributed by atoms with E-state index in [1.54, 1.807) is 6.92 Å². The van der Waals surface area contributed by atoms with Gasteiger partial charge in [-0.15, -0.1) is 34.4 Å². The summed E-state index contributed by atoms with van der Waals surface area (Å²) in [6, 6.07) is -0.965. The van der Waals surface area contributed by atoms with Crippen molar-refractivity contribution in [3.05, 3.63) is 32.9 Å². The van der Waals surface area contributed by atoms with Gasteiger partial charge < -0.3 is 30.9 Å². The van der Waals surface area contributed by atoms with Crippen molar-refractivity contribution in [1.29, 1.82) is 0 Å². The fourth-order valence-corrected chi connectivity index (χ4v) is 7.86. The van der Waals surface area contributed by atoms with Crippen molar-refractivity contribution < 1.29 is 63.8 Å². The molecule has 4 heterocycles. The summed E-state index contributed by atoms with van der Waals surface area (Å²) in [7, 11) is 1.26. The Bertz CT molecular complexity index is 1340. The minimum absolute atomic E-state index is 0. The maximum absolute atomic E-state index is 13.0. The molecule has 0 spiro atoms. The Labute approximate surface area is 254 Å². The zero-order valence-corrected chi connectivity index (χ0v) is 25.5. The summed E-state index contributed by atoms with van der Waals surface area (Å²) < 4.78 is 0.589. The van der Waals surface area contributed by atoms with Gasteiger partial charge in [0.15, 0.2) is 15.2 Å². The molecule has 4 rings (SSSR count). The van der Waals surface area contributed by atoms with E-state index in [9.17, 15) is 29.4 Å². The van der Waals surface area contributed by atoms with Crippen LogP contribution in [0.5, 0.6) is 0 Å². The molecule has 0 radical (unpaired) electrons. The number of nitrogens with zero attached hydrogens (tertiary/aromatic N) is 4. The Morgan fingerprint density at radius 2 is 2.13 bits per heavy atom. The summed E-state index contributed by atoms with van der Waals surface area (Å²) in [4.78, 5) is 63.6. The predicted octanol–water partition coefficient (Wildman–Crippen LogP) is -3.33. The van der Waals surface area contributed by atoms with Crippen LogP contribution in [-0.2, 0) is 30.4 Å². The molecular weight excluding hydrogens is 588 g/mol. The first kappa shape index (κ1) is 30.4. The maximum Gasteiger partial charge on any atom is 1.00 e. The van der Waals surface area contributed by atoms with Gasteiger partial charge in [0.05, 0.1) is 5.69 Å². The number of aromatic nitrogens is 2. The average Bonchev–Trinajstić information content (AvgIpc) is 3.42. The average molecular weight is 607 g/mol. The molecule has 38 heavy (non-hydrogen) atoms. The van der Waals surface area contributed by atoms with E-state index in [2.05, 4.69) is 20.4 Å². The number of carbonyl (C=O) groups is 4. The molecule has 2 unspecified atom stereocenters. The van der Waals surface area contributed by atoms with Gasteiger partial charge in [-0.25, -0.2) is 14.8 Å². The van der Waals surface area contributed by atoms with E-state index in [1.807, 2.05) is 0 Å². The van der Waals surface area contributed by atoms with Gasteiger partial charge in [0.2, 0.25) is 0 Å². The molecule has 2 aromatic rings. The van der Waals surface area contributed by atoms with Crippen LogP contribution in [0.25, 0.3) is 0 Å². The normalized spacial score (nSPS) is 18.8. The van der Waals surface area contributed by atoms with E-state index in [4.69, 9.17) is 10.6 Å². The number of hydrogen-bond acceptors (Lipinski definition) is 14. The first-order valence-corrected chi connectivity index (χ1v) is 14.2. The largest absolute Gasteiger partial charge is 1.00 e. The number of anilines is 1. The number of hydrogen-bond donors (Lipinski definition) is 3. The number of β-lactam (4-membered cyclic amide) rings is 1. The molecule has 13 nitrogen and oxygen atoms in total. The zero-order valence-electron chi connectivity index (χ0n) is 20.2. The number of carboxylic acids is 2. The maximum atomic E-state index is 13.0. The third-order valence-corrected chi connectivity index (χ3v) is 9.65. The number of carbonyl (C=O) groups excluding carboxylic acids is 3. The molecule has 4 N–H and O–H groups in total. The van der Waals surface area contributed by atoms with Gasteiger partial charge in [0.1, 0.15) is 29.9 Å². The molecule has 2 atom stereocenters. The quantitative estimate of drug-likeness (QED) is 0.0800. The molecule has 0 bridgehead atoms. The van der Waals surface area contributed by atoms with Gasteiger partial charge >= 0.3 is 35.5 Å². The SMILES string of the molecule is CO/N=C(\C(=O)NC1C(=O)N2C(C(=O)O)=C(CSc3nc(C)c(CC(=O)[O-])s3)CSC12)c1csc(N)n1.[Na+]. The van der Waals surface area contributed by atoms with Crippen molar-refractivity contribution in [3.63, 3.8) is 0 Å². The fraction of sp³-hybridized carbons (Fsp3) is 0.350. The van der Waals surface area contributed by atoms with Gasteiger partial charge in [-0.2, -0.15) is 0 Å². The number of rotatable bonds is 10. The van der Waals surface area contributed by atoms with Crippen LogP contribution < -0.4 is 45.7 Å². The van der Waals surface area contributed by atoms with Crippen molar-refractivity contribution >= 4 is 80.8 Å². The minimum atomic E-state index is -1.26. The Balaban J connectivity index is 0.00000400. The van der Waals surface area contributed by atoms with E-state index in [1.165, 1.54) is 52.3 Å². The number of thiazole rings is 2. The van der Waals surface area contributed by atoms with Crippen molar-refractivity contribution in [1.82, 2.24) is 20.2 Å². The van der Waals surface area contributed by atoms with Crippen LogP contribution in [0.4, 0.5) is 5.13 Å². The van der Waals surface area contributed by atoms with Crippen molar-refractivity contribution in [3.8, 4) is 0 Å². The van der Waals surface area contributed by atoms with Gasteiger partial charge in [0, 0.05) is 34.2 Å². The number of nitrogens with one attached hydrogen (secondary N) is 1. The van der Waals surface area contributed by atoms with Crippen LogP contribution in [0.2, 0.25) is 0 Å². The monoisotopic (exact) mass is 606 g/mol. The molecule has 2 amide bonds. The van der Waals surface area contributed by atoms with Crippen LogP contribution in [0.15, 0.2) is 26.1 Å². The molecular formula is C20H19N6NaO7S4. The molecule has 2 aromatic heterocycles. The number of aliphatic carboxylic acids is 2. The molecule has 2 aliphatic rings. The standard InChI is InChI=1S/C20H20N6O7S4.Na/c1-7-10(3-11(27)28)37-20(22-7)36-5-8-4-34-17-13(16(30)26(17)14(8)18(31)32)24-15(29)12(25-33-2)9-6-35-19(21)23-9;/h6,13,17H,3-5H2,1-2H3,(H2,21,23)(H,24,29)(H,27,28)(H,31,32);/q;+1/p-1/b25-12-;. The summed E-state index contributed by atoms with van der Waals surface area (Å²) >= 11 is 4.90. The third-order valence-electron chi connectivity index (χ3n) is 5.25. The molecule has 0 aromatic carbocycles. The fourth-order valence-electron chi connectivity index (χ4n) is 3.60. The summed E-state index contributed by atoms with van der Waals surface area (Å²) in [6.07, 6.45) is -0.243. The smallest absolute Gasteiger partial charge is 0.550 e. The first-order valence-electron chi connectivity index (χ1n) is 10.4. The number of oxime groups is 1. The molecule has 0 aliphatic carbocycles. The Morgan fingerprint density at radius 1 is 1.39 bits per heavy atom. The number of nitrogen functional groups attached to an aromatic ring is 1. The Kier molecular flexibility index (Phi) is 10.2. The Morgan fingerprint density at radius 3 is 2.74 bits per heavy atom. The molecule has 1 saturated heterocycles. The summed E-state index contributed by atoms with van der Waals surface area (Å²) in [6.45, 7) is 1.70. The van der Waals surface area contributed by atoms with Crippen LogP contribution in [0, 0.1) is 6.92 Å². The van der Waals surface area contributed by atoms with Crippen LogP contribution in [0.3, 0.4) is 0 Å². The number of nitrogens with two attached hydrogens (primary N) is 1. The van der Waals surface area contributed by atoms with E-state index >= 15 is 0 Å². The second-order valence-corrected chi connectivity index (χ2v) is 11.9.